The van der Waals surface area contributed by atoms with Gasteiger partial charge in [-0.25, -0.2) is 9.97 Å². The zero-order valence-electron chi connectivity index (χ0n) is 26.3. The van der Waals surface area contributed by atoms with Crippen molar-refractivity contribution in [3.05, 3.63) is 38.9 Å². The number of carbonyl (C=O) groups is 4. The molecule has 1 fully saturated rings. The van der Waals surface area contributed by atoms with E-state index < -0.39 is 55.6 Å². The first-order valence-corrected chi connectivity index (χ1v) is 12.8. The minimum absolute atomic E-state index is 0. The number of carbonyl (C=O) groups excluding carboxylic acids is 4. The van der Waals surface area contributed by atoms with Crippen LogP contribution in [0.25, 0.3) is 0 Å². The summed E-state index contributed by atoms with van der Waals surface area (Å²) in [7, 11) is 1.95. The fourth-order valence-electron chi connectivity index (χ4n) is 4.42. The van der Waals surface area contributed by atoms with Crippen LogP contribution in [0.3, 0.4) is 0 Å². The predicted octanol–water partition coefficient (Wildman–Crippen LogP) is 1.71. The Morgan fingerprint density at radius 3 is 2.66 bits per heavy atom. The third-order valence-corrected chi connectivity index (χ3v) is 7.65. The lowest BCUT2D eigenvalue weighted by molar-refractivity contribution is -0.137. The van der Waals surface area contributed by atoms with E-state index in [1.54, 1.807) is 0 Å². The minimum Gasteiger partial charge on any atom is -0.349 e. The number of thiazole rings is 1. The third kappa shape index (κ3) is 7.19. The van der Waals surface area contributed by atoms with Crippen molar-refractivity contribution in [2.75, 3.05) is 32.9 Å². The second-order valence-corrected chi connectivity index (χ2v) is 10.6. The van der Waals surface area contributed by atoms with Crippen LogP contribution in [-0.2, 0) is 27.3 Å². The van der Waals surface area contributed by atoms with Gasteiger partial charge in [0.2, 0.25) is 5.91 Å². The molecule has 0 spiro atoms. The first kappa shape index (κ1) is 22.1. The monoisotopic (exact) mass is 589 g/mol. The van der Waals surface area contributed by atoms with Gasteiger partial charge in [0.1, 0.15) is 5.82 Å². The van der Waals surface area contributed by atoms with Crippen LogP contribution in [0.1, 0.15) is 47.9 Å². The predicted molar refractivity (Wildman–Crippen MR) is 146 cm³/mol. The summed E-state index contributed by atoms with van der Waals surface area (Å²) in [5, 5.41) is 8.20. The number of fused-ring (bicyclic) bond motifs is 1. The first-order chi connectivity index (χ1) is 20.0. The molecule has 1 aliphatic heterocycles. The molecule has 0 aromatic carbocycles. The largest absolute Gasteiger partial charge is 0.349 e. The highest BCUT2D eigenvalue weighted by molar-refractivity contribution is 7.13. The van der Waals surface area contributed by atoms with E-state index in [4.69, 9.17) is 19.8 Å². The Morgan fingerprint density at radius 2 is 1.95 bits per heavy atom. The van der Waals surface area contributed by atoms with E-state index in [0.717, 1.165) is 17.1 Å². The van der Waals surface area contributed by atoms with Gasteiger partial charge in [0.25, 0.3) is 5.91 Å². The third-order valence-electron chi connectivity index (χ3n) is 6.34. The summed E-state index contributed by atoms with van der Waals surface area (Å²) >= 11 is 7.02. The number of hydrogen-bond donors (Lipinski definition) is 3. The van der Waals surface area contributed by atoms with Crippen molar-refractivity contribution in [1.82, 2.24) is 30.4 Å². The molecule has 3 heterocycles. The minimum atomic E-state index is -3.23. The van der Waals surface area contributed by atoms with Crippen molar-refractivity contribution < 1.29 is 27.4 Å². The first-order valence-electron chi connectivity index (χ1n) is 14.6. The Bertz CT molecular complexity index is 1380. The smallest absolute Gasteiger partial charge is 0.314 e. The van der Waals surface area contributed by atoms with E-state index in [0.29, 0.717) is 18.0 Å². The summed E-state index contributed by atoms with van der Waals surface area (Å²) in [6, 6.07) is 1.07. The molecule has 1 aliphatic carbocycles. The van der Waals surface area contributed by atoms with Crippen molar-refractivity contribution in [1.29, 1.82) is 0 Å². The van der Waals surface area contributed by atoms with Gasteiger partial charge in [0, 0.05) is 64.7 Å². The van der Waals surface area contributed by atoms with Gasteiger partial charge in [-0.15, -0.1) is 23.7 Å². The van der Waals surface area contributed by atoms with Crippen molar-refractivity contribution in [2.45, 2.75) is 44.3 Å². The van der Waals surface area contributed by atoms with Crippen LogP contribution in [0.2, 0.25) is 5.02 Å². The second-order valence-electron chi connectivity index (χ2n) is 9.04. The molecule has 4 amide bonds. The highest BCUT2D eigenvalue weighted by Crippen LogP contribution is 2.28. The molecule has 38 heavy (non-hydrogen) atoms. The van der Waals surface area contributed by atoms with E-state index in [2.05, 4.69) is 30.8 Å². The van der Waals surface area contributed by atoms with E-state index in [1.807, 2.05) is 7.05 Å². The van der Waals surface area contributed by atoms with Crippen LogP contribution in [0.15, 0.2) is 18.3 Å². The van der Waals surface area contributed by atoms with Crippen molar-refractivity contribution in [3.8, 4) is 0 Å². The summed E-state index contributed by atoms with van der Waals surface area (Å²) in [6.45, 7) is -5.04. The zero-order valence-corrected chi connectivity index (χ0v) is 22.7. The Kier molecular flexibility index (Phi) is 7.45. The Hall–Kier alpha value is -2.80. The average molecular weight is 591 g/mol. The summed E-state index contributed by atoms with van der Waals surface area (Å²) in [4.78, 5) is 63.2. The number of rotatable bonds is 5. The molecule has 11 nitrogen and oxygen atoms in total. The zero-order chi connectivity index (χ0) is 31.7. The SMILES string of the molecule is Cl.[2H]C([2H])([2H])N(C(=O)[C@H]1CC[C@H](NC(=O)C(=O)Nc2ccc(Cl)cn2)[C@H](NC(=O)c2nc3c(s2)CN(C)CC3)C1)C([2H])([2H])[2H]. The molecular formula is C24H31Cl2N7O4S. The van der Waals surface area contributed by atoms with Crippen LogP contribution in [-0.4, -0.2) is 83.0 Å². The lowest BCUT2D eigenvalue weighted by Gasteiger charge is -2.37. The summed E-state index contributed by atoms with van der Waals surface area (Å²) in [5.74, 6) is -4.78. The molecule has 2 aromatic heterocycles. The van der Waals surface area contributed by atoms with Crippen molar-refractivity contribution in [2.24, 2.45) is 5.92 Å². The quantitative estimate of drug-likeness (QED) is 0.451. The van der Waals surface area contributed by atoms with Gasteiger partial charge in [-0.1, -0.05) is 11.6 Å². The van der Waals surface area contributed by atoms with E-state index in [-0.39, 0.29) is 47.4 Å². The molecule has 2 aromatic rings. The number of halogens is 2. The molecule has 14 heteroatoms. The fraction of sp³-hybridized carbons (Fsp3) is 0.500. The lowest BCUT2D eigenvalue weighted by Crippen LogP contribution is -2.57. The molecule has 4 rings (SSSR count). The number of hydrogen-bond acceptors (Lipinski definition) is 8. The van der Waals surface area contributed by atoms with E-state index in [9.17, 15) is 19.2 Å². The second kappa shape index (κ2) is 12.8. The lowest BCUT2D eigenvalue weighted by atomic mass is 9.81. The van der Waals surface area contributed by atoms with Crippen molar-refractivity contribution >= 4 is 64.8 Å². The maximum absolute atomic E-state index is 13.3. The highest BCUT2D eigenvalue weighted by atomic mass is 35.5. The molecule has 2 aliphatic rings. The Balaban J connectivity index is 0.00000529. The number of nitrogens with one attached hydrogen (secondary N) is 3. The van der Waals surface area contributed by atoms with Crippen LogP contribution in [0.5, 0.6) is 0 Å². The molecule has 0 radical (unpaired) electrons. The van der Waals surface area contributed by atoms with Gasteiger partial charge in [0.15, 0.2) is 5.01 Å². The topological polar surface area (TPSA) is 137 Å². The standard InChI is InChI=1S/C24H30ClN7O4S.ClH/c1-31(2)24(36)13-4-6-15(27-20(33)21(34)30-19-7-5-14(25)11-26-19)17(10-13)28-22(35)23-29-16-8-9-32(3)12-18(16)37-23;/h5,7,11,13,15,17H,4,6,8-10,12H2,1-3H3,(H,27,33)(H,28,35)(H,26,30,34);1H/t13-,15-,17+;/m0./s1/i1D3,2D3;. The highest BCUT2D eigenvalue weighted by Gasteiger charge is 2.37. The number of pyridine rings is 1. The molecule has 206 valence electrons. The van der Waals surface area contributed by atoms with E-state index in [1.165, 1.54) is 29.7 Å². The van der Waals surface area contributed by atoms with Gasteiger partial charge < -0.3 is 25.8 Å². The molecule has 1 saturated carbocycles. The number of likely N-dealkylation sites (N-methyl/N-ethyl adjacent to an activating group) is 1. The maximum atomic E-state index is 13.3. The molecule has 3 N–H and O–H groups in total. The van der Waals surface area contributed by atoms with Crippen LogP contribution in [0, 0.1) is 5.92 Å². The van der Waals surface area contributed by atoms with E-state index >= 15 is 0 Å². The van der Waals surface area contributed by atoms with Gasteiger partial charge in [-0.2, -0.15) is 0 Å². The van der Waals surface area contributed by atoms with Crippen LogP contribution < -0.4 is 16.0 Å². The Morgan fingerprint density at radius 1 is 1.16 bits per heavy atom. The van der Waals surface area contributed by atoms with Crippen LogP contribution >= 0.6 is 35.3 Å². The molecular weight excluding hydrogens is 553 g/mol. The summed E-state index contributed by atoms with van der Waals surface area (Å²) in [6.07, 6.45) is 1.80. The Labute approximate surface area is 244 Å². The average Bonchev–Trinajstić information content (AvgIpc) is 3.32. The van der Waals surface area contributed by atoms with Gasteiger partial charge in [-0.05, 0) is 38.4 Å². The van der Waals surface area contributed by atoms with Gasteiger partial charge in [0.05, 0.1) is 16.8 Å². The van der Waals surface area contributed by atoms with Crippen molar-refractivity contribution in [3.63, 3.8) is 0 Å². The number of anilines is 1. The number of aromatic nitrogens is 2. The molecule has 0 unspecified atom stereocenters. The van der Waals surface area contributed by atoms with Gasteiger partial charge in [-0.3, -0.25) is 19.2 Å². The normalized spacial score (nSPS) is 23.9. The van der Waals surface area contributed by atoms with Gasteiger partial charge >= 0.3 is 11.8 Å². The molecule has 0 saturated heterocycles. The summed E-state index contributed by atoms with van der Waals surface area (Å²) in [5.41, 5.74) is 0.813. The maximum Gasteiger partial charge on any atom is 0.314 e. The fourth-order valence-corrected chi connectivity index (χ4v) is 5.62. The number of nitrogens with zero attached hydrogens (tertiary/aromatic N) is 4. The summed E-state index contributed by atoms with van der Waals surface area (Å²) < 4.78 is 45.7. The molecule has 0 bridgehead atoms. The van der Waals surface area contributed by atoms with Crippen LogP contribution in [0.4, 0.5) is 5.82 Å². The molecule has 3 atom stereocenters. The number of amides is 4.